The lowest BCUT2D eigenvalue weighted by molar-refractivity contribution is -0.133. The van der Waals surface area contributed by atoms with Crippen LogP contribution in [0.2, 0.25) is 5.02 Å². The Morgan fingerprint density at radius 1 is 1.40 bits per heavy atom. The van der Waals surface area contributed by atoms with E-state index in [0.717, 1.165) is 31.2 Å². The summed E-state index contributed by atoms with van der Waals surface area (Å²) in [7, 11) is 0. The molecule has 3 N–H and O–H groups in total. The Bertz CT molecular complexity index is 469. The minimum absolute atomic E-state index is 0.0495. The van der Waals surface area contributed by atoms with Gasteiger partial charge in [-0.2, -0.15) is 0 Å². The number of carbonyl (C=O) groups excluding carboxylic acids is 1. The van der Waals surface area contributed by atoms with Crippen LogP contribution in [0.1, 0.15) is 50.6 Å². The molecule has 0 aliphatic heterocycles. The van der Waals surface area contributed by atoms with Crippen molar-refractivity contribution < 1.29 is 4.79 Å². The van der Waals surface area contributed by atoms with Crippen LogP contribution >= 0.6 is 11.6 Å². The number of nitrogens with one attached hydrogen (secondary N) is 1. The molecule has 20 heavy (non-hydrogen) atoms. The summed E-state index contributed by atoms with van der Waals surface area (Å²) in [5.41, 5.74) is 6.55. The highest BCUT2D eigenvalue weighted by molar-refractivity contribution is 6.30. The number of hydrogen-bond acceptors (Lipinski definition) is 2. The molecule has 1 fully saturated rings. The second-order valence-electron chi connectivity index (χ2n) is 5.80. The average molecular weight is 295 g/mol. The fraction of sp³-hybridized carbons (Fsp3) is 0.562. The summed E-state index contributed by atoms with van der Waals surface area (Å²) in [6.07, 6.45) is 5.19. The summed E-state index contributed by atoms with van der Waals surface area (Å²) in [4.78, 5) is 12.6. The molecule has 0 saturated heterocycles. The molecule has 0 heterocycles. The molecule has 1 saturated carbocycles. The van der Waals surface area contributed by atoms with E-state index in [4.69, 9.17) is 17.3 Å². The van der Waals surface area contributed by atoms with E-state index in [2.05, 4.69) is 5.32 Å². The highest BCUT2D eigenvalue weighted by Gasteiger charge is 2.38. The topological polar surface area (TPSA) is 55.1 Å². The first-order valence-electron chi connectivity index (χ1n) is 7.34. The van der Waals surface area contributed by atoms with Crippen LogP contribution in [0.3, 0.4) is 0 Å². The van der Waals surface area contributed by atoms with Crippen molar-refractivity contribution in [3.05, 3.63) is 34.9 Å². The molecule has 110 valence electrons. The summed E-state index contributed by atoms with van der Waals surface area (Å²) >= 11 is 6.00. The van der Waals surface area contributed by atoms with E-state index >= 15 is 0 Å². The highest BCUT2D eigenvalue weighted by Crippen LogP contribution is 2.36. The second-order valence-corrected chi connectivity index (χ2v) is 6.23. The number of halogens is 1. The molecule has 1 aromatic rings. The van der Waals surface area contributed by atoms with Gasteiger partial charge in [0.1, 0.15) is 0 Å². The van der Waals surface area contributed by atoms with Gasteiger partial charge in [0.2, 0.25) is 5.91 Å². The number of carbonyl (C=O) groups is 1. The van der Waals surface area contributed by atoms with Crippen LogP contribution in [0.4, 0.5) is 0 Å². The molecule has 0 bridgehead atoms. The van der Waals surface area contributed by atoms with Gasteiger partial charge in [-0.3, -0.25) is 4.79 Å². The number of amides is 1. The van der Waals surface area contributed by atoms with Crippen LogP contribution in [0.15, 0.2) is 24.3 Å². The quantitative estimate of drug-likeness (QED) is 0.894. The first kappa shape index (κ1) is 15.3. The molecule has 0 unspecified atom stereocenters. The molecule has 0 spiro atoms. The predicted octanol–water partition coefficient (Wildman–Crippen LogP) is 3.43. The molecule has 2 rings (SSSR count). The Hall–Kier alpha value is -1.06. The van der Waals surface area contributed by atoms with E-state index in [1.807, 2.05) is 31.2 Å². The van der Waals surface area contributed by atoms with Gasteiger partial charge in [-0.05, 0) is 37.5 Å². The Morgan fingerprint density at radius 3 is 2.70 bits per heavy atom. The first-order valence-corrected chi connectivity index (χ1v) is 7.72. The molecule has 1 aromatic carbocycles. The van der Waals surface area contributed by atoms with Crippen LogP contribution in [0.25, 0.3) is 0 Å². The Kier molecular flexibility index (Phi) is 5.06. The molecule has 0 radical (unpaired) electrons. The smallest absolute Gasteiger partial charge is 0.227 e. The lowest BCUT2D eigenvalue weighted by Gasteiger charge is -2.35. The maximum Gasteiger partial charge on any atom is 0.227 e. The molecule has 1 aliphatic carbocycles. The van der Waals surface area contributed by atoms with Gasteiger partial charge in [0.05, 0.1) is 11.5 Å². The van der Waals surface area contributed by atoms with Crippen molar-refractivity contribution >= 4 is 17.5 Å². The molecular weight excluding hydrogens is 272 g/mol. The van der Waals surface area contributed by atoms with Crippen molar-refractivity contribution in [2.24, 2.45) is 11.1 Å². The highest BCUT2D eigenvalue weighted by atomic mass is 35.5. The first-order chi connectivity index (χ1) is 9.57. The van der Waals surface area contributed by atoms with E-state index in [0.29, 0.717) is 11.6 Å². The molecule has 4 heteroatoms. The van der Waals surface area contributed by atoms with Gasteiger partial charge in [-0.15, -0.1) is 0 Å². The van der Waals surface area contributed by atoms with E-state index in [9.17, 15) is 4.79 Å². The third-order valence-corrected chi connectivity index (χ3v) is 4.61. The van der Waals surface area contributed by atoms with E-state index in [1.165, 1.54) is 6.42 Å². The third-order valence-electron chi connectivity index (χ3n) is 4.38. The van der Waals surface area contributed by atoms with Crippen LogP contribution in [0, 0.1) is 5.41 Å². The van der Waals surface area contributed by atoms with Gasteiger partial charge in [0, 0.05) is 11.6 Å². The monoisotopic (exact) mass is 294 g/mol. The Morgan fingerprint density at radius 2 is 2.10 bits per heavy atom. The molecule has 1 amide bonds. The van der Waals surface area contributed by atoms with Crippen molar-refractivity contribution in [3.8, 4) is 0 Å². The molecule has 1 atom stereocenters. The SMILES string of the molecule is C[C@H](NC(=O)C1(CN)CCCCC1)c1cccc(Cl)c1. The van der Waals surface area contributed by atoms with E-state index in [1.54, 1.807) is 0 Å². The zero-order chi connectivity index (χ0) is 14.6. The lowest BCUT2D eigenvalue weighted by atomic mass is 9.73. The van der Waals surface area contributed by atoms with E-state index in [-0.39, 0.29) is 17.4 Å². The summed E-state index contributed by atoms with van der Waals surface area (Å²) in [6.45, 7) is 2.41. The molecule has 1 aliphatic rings. The van der Waals surface area contributed by atoms with Crippen molar-refractivity contribution in [1.82, 2.24) is 5.32 Å². The van der Waals surface area contributed by atoms with E-state index < -0.39 is 0 Å². The summed E-state index contributed by atoms with van der Waals surface area (Å²) in [6, 6.07) is 7.56. The van der Waals surface area contributed by atoms with Gasteiger partial charge in [0.15, 0.2) is 0 Å². The summed E-state index contributed by atoms with van der Waals surface area (Å²) in [5, 5.41) is 3.80. The van der Waals surface area contributed by atoms with Gasteiger partial charge in [-0.1, -0.05) is 43.0 Å². The van der Waals surface area contributed by atoms with Crippen molar-refractivity contribution in [1.29, 1.82) is 0 Å². The minimum atomic E-state index is -0.370. The van der Waals surface area contributed by atoms with Crippen LogP contribution in [-0.4, -0.2) is 12.5 Å². The average Bonchev–Trinajstić information content (AvgIpc) is 2.47. The number of hydrogen-bond donors (Lipinski definition) is 2. The maximum atomic E-state index is 12.6. The van der Waals surface area contributed by atoms with Crippen LogP contribution in [-0.2, 0) is 4.79 Å². The summed E-state index contributed by atoms with van der Waals surface area (Å²) < 4.78 is 0. The zero-order valence-electron chi connectivity index (χ0n) is 12.0. The van der Waals surface area contributed by atoms with Gasteiger partial charge >= 0.3 is 0 Å². The predicted molar refractivity (Wildman–Crippen MR) is 82.6 cm³/mol. The van der Waals surface area contributed by atoms with Gasteiger partial charge < -0.3 is 11.1 Å². The number of benzene rings is 1. The largest absolute Gasteiger partial charge is 0.349 e. The fourth-order valence-electron chi connectivity index (χ4n) is 2.96. The normalized spacial score (nSPS) is 19.4. The van der Waals surface area contributed by atoms with Crippen molar-refractivity contribution in [2.75, 3.05) is 6.54 Å². The number of nitrogens with two attached hydrogens (primary N) is 1. The van der Waals surface area contributed by atoms with Crippen LogP contribution < -0.4 is 11.1 Å². The number of rotatable bonds is 4. The zero-order valence-corrected chi connectivity index (χ0v) is 12.7. The molecule has 0 aromatic heterocycles. The summed E-state index contributed by atoms with van der Waals surface area (Å²) in [5.74, 6) is 0.0900. The minimum Gasteiger partial charge on any atom is -0.349 e. The van der Waals surface area contributed by atoms with Crippen molar-refractivity contribution in [3.63, 3.8) is 0 Å². The molecular formula is C16H23ClN2O. The van der Waals surface area contributed by atoms with Crippen molar-refractivity contribution in [2.45, 2.75) is 45.1 Å². The van der Waals surface area contributed by atoms with Gasteiger partial charge in [0.25, 0.3) is 0 Å². The maximum absolute atomic E-state index is 12.6. The van der Waals surface area contributed by atoms with Crippen LogP contribution in [0.5, 0.6) is 0 Å². The molecule has 3 nitrogen and oxygen atoms in total. The Labute approximate surface area is 125 Å². The Balaban J connectivity index is 2.06. The second kappa shape index (κ2) is 6.59. The third kappa shape index (κ3) is 3.33. The lowest BCUT2D eigenvalue weighted by Crippen LogP contribution is -2.47. The van der Waals surface area contributed by atoms with Gasteiger partial charge in [-0.25, -0.2) is 0 Å². The fourth-order valence-corrected chi connectivity index (χ4v) is 3.16. The standard InChI is InChI=1S/C16H23ClN2O/c1-12(13-6-5-7-14(17)10-13)19-15(20)16(11-18)8-3-2-4-9-16/h5-7,10,12H,2-4,8-9,11,18H2,1H3,(H,19,20)/t12-/m0/s1.